The number of esters is 1. The van der Waals surface area contributed by atoms with Crippen molar-refractivity contribution in [3.63, 3.8) is 0 Å². The van der Waals surface area contributed by atoms with Crippen LogP contribution in [0.1, 0.15) is 85.1 Å². The van der Waals surface area contributed by atoms with Gasteiger partial charge in [-0.3, -0.25) is 9.59 Å². The number of hydrogen-bond acceptors (Lipinski definition) is 5. The van der Waals surface area contributed by atoms with E-state index in [0.29, 0.717) is 12.3 Å². The zero-order valence-corrected chi connectivity index (χ0v) is 20.8. The Kier molecular flexibility index (Phi) is 4.90. The second-order valence-corrected chi connectivity index (χ2v) is 12.4. The van der Waals surface area contributed by atoms with Crippen molar-refractivity contribution >= 4 is 11.8 Å². The van der Waals surface area contributed by atoms with Gasteiger partial charge in [-0.2, -0.15) is 0 Å². The van der Waals surface area contributed by atoms with Gasteiger partial charge in [0, 0.05) is 30.1 Å². The van der Waals surface area contributed by atoms with E-state index in [-0.39, 0.29) is 28.4 Å². The molecule has 0 aromatic carbocycles. The van der Waals surface area contributed by atoms with E-state index < -0.39 is 29.0 Å². The number of hydrogen-bond donors (Lipinski definition) is 1. The molecule has 1 unspecified atom stereocenters. The quantitative estimate of drug-likeness (QED) is 0.476. The molecule has 4 aliphatic carbocycles. The Bertz CT molecular complexity index is 1010. The summed E-state index contributed by atoms with van der Waals surface area (Å²) in [5, 5.41) is 12.1. The number of allylic oxidation sites excluding steroid dienone is 1. The maximum Gasteiger partial charge on any atom is 0.303 e. The minimum Gasteiger partial charge on any atom is -0.472 e. The van der Waals surface area contributed by atoms with Gasteiger partial charge in [-0.05, 0) is 60.0 Å². The lowest BCUT2D eigenvalue weighted by molar-refractivity contribution is -0.245. The average Bonchev–Trinajstić information content (AvgIpc) is 3.36. The van der Waals surface area contributed by atoms with Crippen LogP contribution in [0, 0.1) is 33.5 Å². The Morgan fingerprint density at radius 3 is 2.55 bits per heavy atom. The molecule has 5 rings (SSSR count). The van der Waals surface area contributed by atoms with Crippen molar-refractivity contribution in [1.82, 2.24) is 0 Å². The fraction of sp³-hybridized carbons (Fsp3) is 0.714. The summed E-state index contributed by atoms with van der Waals surface area (Å²) in [5.74, 6) is 0.135. The van der Waals surface area contributed by atoms with Gasteiger partial charge in [0.1, 0.15) is 18.0 Å². The summed E-state index contributed by atoms with van der Waals surface area (Å²) < 4.78 is 11.4. The lowest BCUT2D eigenvalue weighted by Crippen LogP contribution is -2.70. The highest BCUT2D eigenvalue weighted by atomic mass is 16.6. The molecule has 0 spiro atoms. The monoisotopic (exact) mass is 454 g/mol. The molecular weight excluding hydrogens is 416 g/mol. The number of aliphatic hydroxyl groups is 1. The maximum absolute atomic E-state index is 13.1. The molecule has 3 fully saturated rings. The molecule has 1 N–H and O–H groups in total. The SMILES string of the molecule is CC(=O)O[C@H]1[C@@H](O)[C@@]2(C)C3=CC[C@@H](c4ccoc4)[C@@]3(C)CCC2[C@@]2(C)CCC(=O)C(C)(C)[C@H]12. The van der Waals surface area contributed by atoms with E-state index in [1.54, 1.807) is 6.26 Å². The molecule has 0 amide bonds. The largest absolute Gasteiger partial charge is 0.472 e. The number of rotatable bonds is 2. The van der Waals surface area contributed by atoms with E-state index >= 15 is 0 Å². The minimum atomic E-state index is -0.858. The summed E-state index contributed by atoms with van der Waals surface area (Å²) in [4.78, 5) is 25.3. The van der Waals surface area contributed by atoms with E-state index in [1.165, 1.54) is 18.1 Å². The Hall–Kier alpha value is -1.88. The molecule has 0 radical (unpaired) electrons. The fourth-order valence-electron chi connectivity index (χ4n) is 9.23. The van der Waals surface area contributed by atoms with Crippen molar-refractivity contribution in [1.29, 1.82) is 0 Å². The zero-order valence-electron chi connectivity index (χ0n) is 20.8. The Labute approximate surface area is 197 Å². The molecule has 0 aliphatic heterocycles. The van der Waals surface area contributed by atoms with E-state index in [2.05, 4.69) is 32.9 Å². The molecule has 1 aromatic rings. The average molecular weight is 455 g/mol. The number of furan rings is 1. The first kappa shape index (κ1) is 22.9. The van der Waals surface area contributed by atoms with Crippen molar-refractivity contribution in [2.75, 3.05) is 0 Å². The summed E-state index contributed by atoms with van der Waals surface area (Å²) in [6.07, 6.45) is 8.64. The van der Waals surface area contributed by atoms with Crippen LogP contribution in [0.3, 0.4) is 0 Å². The Morgan fingerprint density at radius 1 is 1.18 bits per heavy atom. The fourth-order valence-corrected chi connectivity index (χ4v) is 9.23. The van der Waals surface area contributed by atoms with Crippen LogP contribution in [-0.2, 0) is 14.3 Å². The summed E-state index contributed by atoms with van der Waals surface area (Å²) in [6.45, 7) is 12.2. The molecule has 1 aromatic heterocycles. The summed E-state index contributed by atoms with van der Waals surface area (Å²) in [5.41, 5.74) is 1.05. The minimum absolute atomic E-state index is 0.0833. The lowest BCUT2D eigenvalue weighted by atomic mass is 9.36. The van der Waals surface area contributed by atoms with Gasteiger partial charge in [0.2, 0.25) is 0 Å². The summed E-state index contributed by atoms with van der Waals surface area (Å²) >= 11 is 0. The molecule has 1 heterocycles. The van der Waals surface area contributed by atoms with E-state index in [4.69, 9.17) is 9.15 Å². The van der Waals surface area contributed by atoms with Crippen LogP contribution in [0.4, 0.5) is 0 Å². The highest BCUT2D eigenvalue weighted by molar-refractivity contribution is 5.85. The van der Waals surface area contributed by atoms with Gasteiger partial charge in [0.05, 0.1) is 12.5 Å². The first-order chi connectivity index (χ1) is 15.4. The van der Waals surface area contributed by atoms with Gasteiger partial charge in [-0.1, -0.05) is 46.3 Å². The van der Waals surface area contributed by atoms with Gasteiger partial charge in [0.15, 0.2) is 0 Å². The molecule has 8 atom stereocenters. The number of Topliss-reactive ketones (excluding diaryl/α,β-unsaturated/α-hetero) is 1. The van der Waals surface area contributed by atoms with Crippen molar-refractivity contribution < 1.29 is 23.8 Å². The highest BCUT2D eigenvalue weighted by Gasteiger charge is 2.72. The van der Waals surface area contributed by atoms with Gasteiger partial charge in [-0.15, -0.1) is 0 Å². The normalized spacial score (nSPS) is 46.1. The van der Waals surface area contributed by atoms with Crippen LogP contribution in [0.5, 0.6) is 0 Å². The van der Waals surface area contributed by atoms with Crippen molar-refractivity contribution in [3.8, 4) is 0 Å². The third-order valence-electron chi connectivity index (χ3n) is 10.6. The standard InChI is InChI=1S/C28H38O5/c1-16(29)33-22-23-25(2,3)21(30)10-13-27(23,5)20-9-12-26(4)18(17-11-14-32-15-17)7-8-19(26)28(20,6)24(22)31/h8,11,14-15,18,20,22-24,31H,7,9-10,12-13H2,1-6H3/t18-,20?,22+,23-,24+,26+,27+,28-/m0/s1. The van der Waals surface area contributed by atoms with Crippen LogP contribution in [0.15, 0.2) is 34.7 Å². The number of ketones is 1. The molecule has 33 heavy (non-hydrogen) atoms. The van der Waals surface area contributed by atoms with Crippen LogP contribution in [-0.4, -0.2) is 29.1 Å². The van der Waals surface area contributed by atoms with E-state index in [0.717, 1.165) is 25.7 Å². The number of carbonyl (C=O) groups is 2. The number of aliphatic hydroxyl groups excluding tert-OH is 1. The molecule has 0 saturated heterocycles. The topological polar surface area (TPSA) is 76.7 Å². The Morgan fingerprint density at radius 2 is 1.91 bits per heavy atom. The molecule has 4 aliphatic rings. The van der Waals surface area contributed by atoms with Crippen LogP contribution < -0.4 is 0 Å². The van der Waals surface area contributed by atoms with Crippen LogP contribution >= 0.6 is 0 Å². The molecule has 0 bridgehead atoms. The van der Waals surface area contributed by atoms with Gasteiger partial charge >= 0.3 is 5.97 Å². The number of fused-ring (bicyclic) bond motifs is 5. The zero-order chi connectivity index (χ0) is 24.0. The molecule has 180 valence electrons. The van der Waals surface area contributed by atoms with Gasteiger partial charge in [-0.25, -0.2) is 0 Å². The first-order valence-electron chi connectivity index (χ1n) is 12.5. The first-order valence-corrected chi connectivity index (χ1v) is 12.5. The predicted molar refractivity (Wildman–Crippen MR) is 124 cm³/mol. The smallest absolute Gasteiger partial charge is 0.303 e. The van der Waals surface area contributed by atoms with Gasteiger partial charge in [0.25, 0.3) is 0 Å². The molecule has 3 saturated carbocycles. The van der Waals surface area contributed by atoms with Crippen LogP contribution in [0.25, 0.3) is 0 Å². The van der Waals surface area contributed by atoms with Crippen molar-refractivity contribution in [2.45, 2.75) is 91.8 Å². The van der Waals surface area contributed by atoms with E-state index in [1.807, 2.05) is 20.1 Å². The highest BCUT2D eigenvalue weighted by Crippen LogP contribution is 2.73. The van der Waals surface area contributed by atoms with E-state index in [9.17, 15) is 14.7 Å². The molecular formula is C28H38O5. The molecule has 5 nitrogen and oxygen atoms in total. The third-order valence-corrected chi connectivity index (χ3v) is 10.6. The van der Waals surface area contributed by atoms with Crippen molar-refractivity contribution in [3.05, 3.63) is 35.8 Å². The predicted octanol–water partition coefficient (Wildman–Crippen LogP) is 5.43. The number of ether oxygens (including phenoxy) is 1. The Balaban J connectivity index is 1.65. The lowest BCUT2D eigenvalue weighted by Gasteiger charge is -2.68. The summed E-state index contributed by atoms with van der Waals surface area (Å²) in [7, 11) is 0. The summed E-state index contributed by atoms with van der Waals surface area (Å²) in [6, 6.07) is 2.06. The van der Waals surface area contributed by atoms with Gasteiger partial charge < -0.3 is 14.3 Å². The maximum atomic E-state index is 13.1. The molecule has 5 heteroatoms. The third kappa shape index (κ3) is 2.81. The van der Waals surface area contributed by atoms with Crippen molar-refractivity contribution in [2.24, 2.45) is 33.5 Å². The second-order valence-electron chi connectivity index (χ2n) is 12.4. The second kappa shape index (κ2) is 7.07. The number of carbonyl (C=O) groups excluding carboxylic acids is 2. The van der Waals surface area contributed by atoms with Crippen LogP contribution in [0.2, 0.25) is 0 Å².